The van der Waals surface area contributed by atoms with Crippen LogP contribution in [-0.2, 0) is 4.79 Å². The Morgan fingerprint density at radius 3 is 2.76 bits per heavy atom. The molecule has 0 unspecified atom stereocenters. The number of nitrogen functional groups attached to an aromatic ring is 1. The van der Waals surface area contributed by atoms with Crippen LogP contribution in [0.3, 0.4) is 0 Å². The van der Waals surface area contributed by atoms with Gasteiger partial charge in [0.25, 0.3) is 0 Å². The number of nitrogens with two attached hydrogens (primary N) is 1. The molecule has 3 rings (SSSR count). The maximum atomic E-state index is 12.4. The van der Waals surface area contributed by atoms with Crippen molar-refractivity contribution in [3.05, 3.63) is 35.1 Å². The van der Waals surface area contributed by atoms with E-state index in [9.17, 15) is 4.79 Å². The first-order valence-corrected chi connectivity index (χ1v) is 9.25. The molecular formula is C16H19ClN6OS. The van der Waals surface area contributed by atoms with E-state index in [-0.39, 0.29) is 11.9 Å². The van der Waals surface area contributed by atoms with Crippen molar-refractivity contribution in [1.82, 2.24) is 19.9 Å². The number of rotatable bonds is 4. The molecule has 132 valence electrons. The van der Waals surface area contributed by atoms with Crippen LogP contribution in [0.15, 0.2) is 29.7 Å². The molecule has 7 nitrogen and oxygen atoms in total. The largest absolute Gasteiger partial charge is 0.368 e. The summed E-state index contributed by atoms with van der Waals surface area (Å²) in [7, 11) is 0. The quantitative estimate of drug-likeness (QED) is 0.812. The van der Waals surface area contributed by atoms with Gasteiger partial charge in [0.15, 0.2) is 5.16 Å². The van der Waals surface area contributed by atoms with Crippen molar-refractivity contribution in [2.24, 2.45) is 0 Å². The third-order valence-corrected chi connectivity index (χ3v) is 5.12. The van der Waals surface area contributed by atoms with Gasteiger partial charge >= 0.3 is 0 Å². The predicted octanol–water partition coefficient (Wildman–Crippen LogP) is 1.86. The Kier molecular flexibility index (Phi) is 5.60. The maximum absolute atomic E-state index is 12.4. The van der Waals surface area contributed by atoms with Gasteiger partial charge in [0.05, 0.1) is 5.75 Å². The normalized spacial score (nSPS) is 14.6. The number of thioether (sulfide) groups is 1. The van der Waals surface area contributed by atoms with Crippen molar-refractivity contribution in [2.45, 2.75) is 12.1 Å². The van der Waals surface area contributed by atoms with E-state index in [0.29, 0.717) is 24.0 Å². The maximum Gasteiger partial charge on any atom is 0.233 e. The lowest BCUT2D eigenvalue weighted by Crippen LogP contribution is -2.49. The number of piperazine rings is 1. The zero-order chi connectivity index (χ0) is 17.8. The molecule has 0 bridgehead atoms. The highest BCUT2D eigenvalue weighted by atomic mass is 35.5. The molecule has 1 aliphatic rings. The molecule has 0 aliphatic carbocycles. The first-order chi connectivity index (χ1) is 12.0. The van der Waals surface area contributed by atoms with Crippen LogP contribution >= 0.6 is 23.4 Å². The van der Waals surface area contributed by atoms with Crippen molar-refractivity contribution in [3.8, 4) is 0 Å². The highest BCUT2D eigenvalue weighted by Crippen LogP contribution is 2.25. The van der Waals surface area contributed by atoms with E-state index in [4.69, 9.17) is 17.3 Å². The Bertz CT molecular complexity index is 766. The molecule has 0 spiro atoms. The van der Waals surface area contributed by atoms with Gasteiger partial charge in [-0.1, -0.05) is 29.4 Å². The van der Waals surface area contributed by atoms with Crippen molar-refractivity contribution in [1.29, 1.82) is 0 Å². The smallest absolute Gasteiger partial charge is 0.233 e. The molecular weight excluding hydrogens is 360 g/mol. The van der Waals surface area contributed by atoms with Gasteiger partial charge in [-0.15, -0.1) is 0 Å². The van der Waals surface area contributed by atoms with Gasteiger partial charge in [-0.3, -0.25) is 4.79 Å². The fourth-order valence-corrected chi connectivity index (χ4v) is 3.58. The van der Waals surface area contributed by atoms with E-state index in [1.807, 2.05) is 23.1 Å². The van der Waals surface area contributed by atoms with Crippen LogP contribution in [0.2, 0.25) is 5.02 Å². The zero-order valence-corrected chi connectivity index (χ0v) is 15.4. The Labute approximate surface area is 155 Å². The third-order valence-electron chi connectivity index (χ3n) is 4.04. The van der Waals surface area contributed by atoms with E-state index in [0.717, 1.165) is 23.8 Å². The molecule has 1 fully saturated rings. The Morgan fingerprint density at radius 2 is 2.04 bits per heavy atom. The van der Waals surface area contributed by atoms with Crippen LogP contribution in [0.1, 0.15) is 5.56 Å². The van der Waals surface area contributed by atoms with Crippen molar-refractivity contribution >= 4 is 40.9 Å². The summed E-state index contributed by atoms with van der Waals surface area (Å²) in [6.45, 7) is 5.02. The Morgan fingerprint density at radius 1 is 1.28 bits per heavy atom. The summed E-state index contributed by atoms with van der Waals surface area (Å²) >= 11 is 7.38. The standard InChI is InChI=1S/C16H19ClN6OS/c1-11-2-3-12(17)8-13(11)22-4-6-23(7-5-22)14(24)9-25-16-20-10-19-15(18)21-16/h2-3,8,10H,4-7,9H2,1H3,(H2,18,19,20,21). The van der Waals surface area contributed by atoms with Gasteiger partial charge in [-0.25, -0.2) is 9.97 Å². The van der Waals surface area contributed by atoms with Crippen LogP contribution in [-0.4, -0.2) is 57.7 Å². The van der Waals surface area contributed by atoms with Crippen LogP contribution < -0.4 is 10.6 Å². The van der Waals surface area contributed by atoms with Crippen LogP contribution in [0.4, 0.5) is 11.6 Å². The molecule has 9 heteroatoms. The number of hydrogen-bond acceptors (Lipinski definition) is 7. The molecule has 1 amide bonds. The van der Waals surface area contributed by atoms with Gasteiger partial charge < -0.3 is 15.5 Å². The molecule has 2 N–H and O–H groups in total. The Hall–Kier alpha value is -2.06. The zero-order valence-electron chi connectivity index (χ0n) is 13.9. The number of carbonyl (C=O) groups excluding carboxylic acids is 1. The summed E-state index contributed by atoms with van der Waals surface area (Å²) in [4.78, 5) is 28.2. The minimum Gasteiger partial charge on any atom is -0.368 e. The van der Waals surface area contributed by atoms with Crippen molar-refractivity contribution < 1.29 is 4.79 Å². The van der Waals surface area contributed by atoms with Gasteiger partial charge in [-0.2, -0.15) is 4.98 Å². The summed E-state index contributed by atoms with van der Waals surface area (Å²) < 4.78 is 0. The molecule has 1 aromatic carbocycles. The van der Waals surface area contributed by atoms with E-state index in [2.05, 4.69) is 26.8 Å². The molecule has 2 heterocycles. The molecule has 0 radical (unpaired) electrons. The number of halogens is 1. The minimum atomic E-state index is 0.0754. The topological polar surface area (TPSA) is 88.2 Å². The number of hydrogen-bond donors (Lipinski definition) is 1. The summed E-state index contributed by atoms with van der Waals surface area (Å²) in [5, 5.41) is 1.20. The average Bonchev–Trinajstić information content (AvgIpc) is 2.62. The number of benzene rings is 1. The van der Waals surface area contributed by atoms with E-state index in [1.54, 1.807) is 0 Å². The number of nitrogens with zero attached hydrogens (tertiary/aromatic N) is 5. The summed E-state index contributed by atoms with van der Waals surface area (Å²) in [6, 6.07) is 5.90. The third kappa shape index (κ3) is 4.52. The lowest BCUT2D eigenvalue weighted by Gasteiger charge is -2.36. The molecule has 1 aliphatic heterocycles. The van der Waals surface area contributed by atoms with Gasteiger partial charge in [-0.05, 0) is 24.6 Å². The highest BCUT2D eigenvalue weighted by Gasteiger charge is 2.22. The first kappa shape index (κ1) is 17.8. The molecule has 2 aromatic rings. The number of amides is 1. The lowest BCUT2D eigenvalue weighted by atomic mass is 10.1. The van der Waals surface area contributed by atoms with Crippen molar-refractivity contribution in [3.63, 3.8) is 0 Å². The fraction of sp³-hybridized carbons (Fsp3) is 0.375. The molecule has 0 atom stereocenters. The van der Waals surface area contributed by atoms with Gasteiger partial charge in [0.2, 0.25) is 11.9 Å². The molecule has 1 saturated heterocycles. The molecule has 0 saturated carbocycles. The number of anilines is 2. The fourth-order valence-electron chi connectivity index (χ4n) is 2.70. The summed E-state index contributed by atoms with van der Waals surface area (Å²) in [5.41, 5.74) is 7.84. The van der Waals surface area contributed by atoms with Gasteiger partial charge in [0.1, 0.15) is 6.33 Å². The molecule has 1 aromatic heterocycles. The predicted molar refractivity (Wildman–Crippen MR) is 99.9 cm³/mol. The summed E-state index contributed by atoms with van der Waals surface area (Å²) in [5.74, 6) is 0.529. The van der Waals surface area contributed by atoms with Crippen LogP contribution in [0.5, 0.6) is 0 Å². The first-order valence-electron chi connectivity index (χ1n) is 7.89. The lowest BCUT2D eigenvalue weighted by molar-refractivity contribution is -0.128. The second-order valence-electron chi connectivity index (χ2n) is 5.71. The second-order valence-corrected chi connectivity index (χ2v) is 7.09. The van der Waals surface area contributed by atoms with E-state index in [1.165, 1.54) is 23.7 Å². The van der Waals surface area contributed by atoms with Crippen molar-refractivity contribution in [2.75, 3.05) is 42.6 Å². The number of aryl methyl sites for hydroxylation is 1. The average molecular weight is 379 g/mol. The summed E-state index contributed by atoms with van der Waals surface area (Å²) in [6.07, 6.45) is 1.35. The second kappa shape index (κ2) is 7.88. The number of carbonyl (C=O) groups is 1. The van der Waals surface area contributed by atoms with Crippen LogP contribution in [0, 0.1) is 6.92 Å². The minimum absolute atomic E-state index is 0.0754. The highest BCUT2D eigenvalue weighted by molar-refractivity contribution is 7.99. The monoisotopic (exact) mass is 378 g/mol. The molecule has 25 heavy (non-hydrogen) atoms. The van der Waals surface area contributed by atoms with E-state index < -0.39 is 0 Å². The Balaban J connectivity index is 1.53. The van der Waals surface area contributed by atoms with Crippen LogP contribution in [0.25, 0.3) is 0 Å². The van der Waals surface area contributed by atoms with E-state index >= 15 is 0 Å². The number of aromatic nitrogens is 3. The SMILES string of the molecule is Cc1ccc(Cl)cc1N1CCN(C(=O)CSc2ncnc(N)n2)CC1. The van der Waals surface area contributed by atoms with Gasteiger partial charge in [0, 0.05) is 36.9 Å².